The summed E-state index contributed by atoms with van der Waals surface area (Å²) in [6.07, 6.45) is 1.29. The zero-order valence-corrected chi connectivity index (χ0v) is 6.35. The molecule has 0 aromatic heterocycles. The minimum absolute atomic E-state index is 0.678. The van der Waals surface area contributed by atoms with Gasteiger partial charge in [0, 0.05) is 12.6 Å². The Kier molecular flexibility index (Phi) is 2.49. The second-order valence-corrected chi connectivity index (χ2v) is 2.97. The summed E-state index contributed by atoms with van der Waals surface area (Å²) in [6, 6.07) is 0.678. The first-order valence-corrected chi connectivity index (χ1v) is 3.71. The number of hydrogen-bond donors (Lipinski definition) is 1. The molecular formula is C7H16N2. The van der Waals surface area contributed by atoms with Gasteiger partial charge in [-0.1, -0.05) is 0 Å². The molecule has 54 valence electrons. The maximum atomic E-state index is 3.43. The summed E-state index contributed by atoms with van der Waals surface area (Å²) in [5, 5.41) is 3.43. The average molecular weight is 128 g/mol. The summed E-state index contributed by atoms with van der Waals surface area (Å²) in [7, 11) is 2.18. The van der Waals surface area contributed by atoms with E-state index in [0.717, 1.165) is 0 Å². The Labute approximate surface area is 57.2 Å². The lowest BCUT2D eigenvalue weighted by atomic mass is 10.3. The number of rotatable bonds is 0. The van der Waals surface area contributed by atoms with Crippen molar-refractivity contribution < 1.29 is 0 Å². The van der Waals surface area contributed by atoms with Crippen LogP contribution < -0.4 is 5.32 Å². The van der Waals surface area contributed by atoms with Crippen molar-refractivity contribution in [1.29, 1.82) is 0 Å². The molecule has 0 amide bonds. The van der Waals surface area contributed by atoms with Crippen molar-refractivity contribution in [2.45, 2.75) is 19.4 Å². The fourth-order valence-electron chi connectivity index (χ4n) is 1.32. The van der Waals surface area contributed by atoms with E-state index in [0.29, 0.717) is 6.04 Å². The van der Waals surface area contributed by atoms with Crippen LogP contribution in [0.3, 0.4) is 0 Å². The third-order valence-corrected chi connectivity index (χ3v) is 1.79. The zero-order valence-electron chi connectivity index (χ0n) is 6.35. The van der Waals surface area contributed by atoms with Crippen LogP contribution in [-0.4, -0.2) is 37.6 Å². The lowest BCUT2D eigenvalue weighted by molar-refractivity contribution is 0.332. The molecule has 1 heterocycles. The van der Waals surface area contributed by atoms with E-state index in [4.69, 9.17) is 0 Å². The van der Waals surface area contributed by atoms with Gasteiger partial charge in [-0.3, -0.25) is 0 Å². The molecule has 1 saturated heterocycles. The predicted octanol–water partition coefficient (Wildman–Crippen LogP) is 0.300. The molecule has 9 heavy (non-hydrogen) atoms. The SMILES string of the molecule is C[C@@H]1CN(C)CCCN1. The van der Waals surface area contributed by atoms with Crippen molar-refractivity contribution in [3.05, 3.63) is 0 Å². The Balaban J connectivity index is 2.29. The molecule has 0 saturated carbocycles. The first-order chi connectivity index (χ1) is 4.29. The molecule has 0 bridgehead atoms. The molecule has 1 aliphatic heterocycles. The molecule has 1 fully saturated rings. The minimum Gasteiger partial charge on any atom is -0.313 e. The molecule has 1 aliphatic rings. The van der Waals surface area contributed by atoms with Crippen molar-refractivity contribution in [1.82, 2.24) is 10.2 Å². The van der Waals surface area contributed by atoms with Crippen molar-refractivity contribution in [3.8, 4) is 0 Å². The summed E-state index contributed by atoms with van der Waals surface area (Å²) in [5.41, 5.74) is 0. The highest BCUT2D eigenvalue weighted by Gasteiger charge is 2.08. The second kappa shape index (κ2) is 3.18. The van der Waals surface area contributed by atoms with Gasteiger partial charge in [0.05, 0.1) is 0 Å². The molecule has 1 atom stereocenters. The van der Waals surface area contributed by atoms with Crippen LogP contribution in [0.15, 0.2) is 0 Å². The normalized spacial score (nSPS) is 32.0. The van der Waals surface area contributed by atoms with E-state index in [1.54, 1.807) is 0 Å². The Morgan fingerprint density at radius 1 is 1.56 bits per heavy atom. The number of hydrogen-bond acceptors (Lipinski definition) is 2. The fourth-order valence-corrected chi connectivity index (χ4v) is 1.32. The summed E-state index contributed by atoms with van der Waals surface area (Å²) in [6.45, 7) is 5.87. The van der Waals surface area contributed by atoms with Gasteiger partial charge in [-0.2, -0.15) is 0 Å². The molecule has 0 radical (unpaired) electrons. The van der Waals surface area contributed by atoms with Gasteiger partial charge in [0.15, 0.2) is 0 Å². The molecule has 2 heteroatoms. The minimum atomic E-state index is 0.678. The fraction of sp³-hybridized carbons (Fsp3) is 1.00. The molecule has 0 spiro atoms. The van der Waals surface area contributed by atoms with E-state index in [1.807, 2.05) is 0 Å². The van der Waals surface area contributed by atoms with E-state index in [1.165, 1.54) is 26.1 Å². The molecule has 0 aliphatic carbocycles. The summed E-state index contributed by atoms with van der Waals surface area (Å²) in [4.78, 5) is 2.38. The van der Waals surface area contributed by atoms with Crippen LogP contribution in [-0.2, 0) is 0 Å². The Morgan fingerprint density at radius 3 is 3.11 bits per heavy atom. The summed E-state index contributed by atoms with van der Waals surface area (Å²) < 4.78 is 0. The van der Waals surface area contributed by atoms with E-state index in [9.17, 15) is 0 Å². The number of nitrogens with zero attached hydrogens (tertiary/aromatic N) is 1. The highest BCUT2D eigenvalue weighted by atomic mass is 15.1. The second-order valence-electron chi connectivity index (χ2n) is 2.97. The Hall–Kier alpha value is -0.0800. The molecule has 0 aromatic carbocycles. The van der Waals surface area contributed by atoms with Crippen LogP contribution in [0.5, 0.6) is 0 Å². The van der Waals surface area contributed by atoms with Crippen LogP contribution in [0.1, 0.15) is 13.3 Å². The van der Waals surface area contributed by atoms with E-state index < -0.39 is 0 Å². The zero-order chi connectivity index (χ0) is 6.69. The lowest BCUT2D eigenvalue weighted by Crippen LogP contribution is -2.33. The first-order valence-electron chi connectivity index (χ1n) is 3.71. The Morgan fingerprint density at radius 2 is 2.33 bits per heavy atom. The summed E-state index contributed by atoms with van der Waals surface area (Å²) >= 11 is 0. The lowest BCUT2D eigenvalue weighted by Gasteiger charge is -2.15. The van der Waals surface area contributed by atoms with E-state index >= 15 is 0 Å². The van der Waals surface area contributed by atoms with Crippen molar-refractivity contribution in [2.24, 2.45) is 0 Å². The molecule has 1 rings (SSSR count). The number of nitrogens with one attached hydrogen (secondary N) is 1. The van der Waals surface area contributed by atoms with Gasteiger partial charge in [0.25, 0.3) is 0 Å². The van der Waals surface area contributed by atoms with E-state index in [-0.39, 0.29) is 0 Å². The third-order valence-electron chi connectivity index (χ3n) is 1.79. The average Bonchev–Trinajstić information content (AvgIpc) is 1.93. The largest absolute Gasteiger partial charge is 0.313 e. The quantitative estimate of drug-likeness (QED) is 0.505. The van der Waals surface area contributed by atoms with Gasteiger partial charge in [-0.05, 0) is 33.5 Å². The topological polar surface area (TPSA) is 15.3 Å². The highest BCUT2D eigenvalue weighted by molar-refractivity contribution is 4.69. The monoisotopic (exact) mass is 128 g/mol. The van der Waals surface area contributed by atoms with Gasteiger partial charge < -0.3 is 10.2 Å². The Bertz CT molecular complexity index is 73.0. The molecule has 0 unspecified atom stereocenters. The predicted molar refractivity (Wildman–Crippen MR) is 39.6 cm³/mol. The number of likely N-dealkylation sites (N-methyl/N-ethyl adjacent to an activating group) is 1. The van der Waals surface area contributed by atoms with Gasteiger partial charge in [-0.25, -0.2) is 0 Å². The molecular weight excluding hydrogens is 112 g/mol. The molecule has 0 aromatic rings. The van der Waals surface area contributed by atoms with Gasteiger partial charge in [0.1, 0.15) is 0 Å². The molecule has 2 nitrogen and oxygen atoms in total. The van der Waals surface area contributed by atoms with Gasteiger partial charge in [0.2, 0.25) is 0 Å². The van der Waals surface area contributed by atoms with Crippen molar-refractivity contribution in [2.75, 3.05) is 26.7 Å². The maximum Gasteiger partial charge on any atom is 0.0166 e. The third kappa shape index (κ3) is 2.33. The first kappa shape index (κ1) is 7.03. The van der Waals surface area contributed by atoms with Crippen molar-refractivity contribution in [3.63, 3.8) is 0 Å². The smallest absolute Gasteiger partial charge is 0.0166 e. The van der Waals surface area contributed by atoms with Crippen LogP contribution in [0.25, 0.3) is 0 Å². The highest BCUT2D eigenvalue weighted by Crippen LogP contribution is 1.95. The maximum absolute atomic E-state index is 3.43. The van der Waals surface area contributed by atoms with Gasteiger partial charge in [-0.15, -0.1) is 0 Å². The van der Waals surface area contributed by atoms with Gasteiger partial charge >= 0.3 is 0 Å². The van der Waals surface area contributed by atoms with Crippen LogP contribution in [0.2, 0.25) is 0 Å². The van der Waals surface area contributed by atoms with Crippen LogP contribution in [0, 0.1) is 0 Å². The van der Waals surface area contributed by atoms with E-state index in [2.05, 4.69) is 24.2 Å². The van der Waals surface area contributed by atoms with Crippen molar-refractivity contribution >= 4 is 0 Å². The van der Waals surface area contributed by atoms with Crippen LogP contribution in [0.4, 0.5) is 0 Å². The standard InChI is InChI=1S/C7H16N2/c1-7-6-9(2)5-3-4-8-7/h7-8H,3-6H2,1-2H3/t7-/m1/s1. The molecule has 1 N–H and O–H groups in total. The van der Waals surface area contributed by atoms with Crippen LogP contribution >= 0.6 is 0 Å². The summed E-state index contributed by atoms with van der Waals surface area (Å²) in [5.74, 6) is 0.